The Morgan fingerprint density at radius 1 is 1.19 bits per heavy atom. The van der Waals surface area contributed by atoms with Gasteiger partial charge in [-0.25, -0.2) is 4.79 Å². The maximum atomic E-state index is 12.3. The summed E-state index contributed by atoms with van der Waals surface area (Å²) in [4.78, 5) is 46.9. The van der Waals surface area contributed by atoms with E-state index in [0.29, 0.717) is 17.6 Å². The molecular weight excluding hydrogens is 340 g/mol. The summed E-state index contributed by atoms with van der Waals surface area (Å²) in [5.41, 5.74) is 1.11. The first kappa shape index (κ1) is 19.6. The van der Waals surface area contributed by atoms with Crippen molar-refractivity contribution in [1.82, 2.24) is 0 Å². The fraction of sp³-hybridized carbons (Fsp3) is 0.474. The average molecular weight is 362 g/mol. The van der Waals surface area contributed by atoms with E-state index in [2.05, 4.69) is 13.2 Å². The van der Waals surface area contributed by atoms with Crippen molar-refractivity contribution in [2.24, 2.45) is 5.92 Å². The Morgan fingerprint density at radius 3 is 2.50 bits per heavy atom. The van der Waals surface area contributed by atoms with Gasteiger partial charge in [-0.1, -0.05) is 13.2 Å². The van der Waals surface area contributed by atoms with Gasteiger partial charge in [-0.05, 0) is 23.6 Å². The van der Waals surface area contributed by atoms with E-state index in [1.54, 1.807) is 6.08 Å². The zero-order chi connectivity index (χ0) is 19.4. The second kappa shape index (κ2) is 8.12. The van der Waals surface area contributed by atoms with Gasteiger partial charge >= 0.3 is 17.9 Å². The second-order valence-electron chi connectivity index (χ2n) is 6.40. The van der Waals surface area contributed by atoms with Crippen LogP contribution in [0, 0.1) is 5.92 Å². The van der Waals surface area contributed by atoms with Crippen molar-refractivity contribution in [3.8, 4) is 0 Å². The molecular formula is C19H22O7. The molecule has 3 atom stereocenters. The molecule has 1 aliphatic carbocycles. The number of esters is 3. The highest BCUT2D eigenvalue weighted by molar-refractivity contribution is 5.95. The molecule has 0 spiro atoms. The number of ether oxygens (including phenoxy) is 3. The van der Waals surface area contributed by atoms with Crippen LogP contribution in [0.25, 0.3) is 0 Å². The average Bonchev–Trinajstić information content (AvgIpc) is 2.82. The minimum Gasteiger partial charge on any atom is -0.461 e. The van der Waals surface area contributed by atoms with Gasteiger partial charge in [0.1, 0.15) is 18.8 Å². The van der Waals surface area contributed by atoms with Gasteiger partial charge in [-0.15, -0.1) is 0 Å². The highest BCUT2D eigenvalue weighted by Gasteiger charge is 2.44. The summed E-state index contributed by atoms with van der Waals surface area (Å²) in [6, 6.07) is 0. The minimum absolute atomic E-state index is 0.0133. The van der Waals surface area contributed by atoms with Crippen LogP contribution >= 0.6 is 0 Å². The van der Waals surface area contributed by atoms with E-state index in [1.165, 1.54) is 13.8 Å². The molecule has 0 amide bonds. The zero-order valence-electron chi connectivity index (χ0n) is 14.9. The van der Waals surface area contributed by atoms with Crippen molar-refractivity contribution in [2.75, 3.05) is 6.61 Å². The van der Waals surface area contributed by atoms with Gasteiger partial charge in [0.05, 0.1) is 5.92 Å². The number of hydrogen-bond acceptors (Lipinski definition) is 7. The maximum Gasteiger partial charge on any atom is 0.334 e. The van der Waals surface area contributed by atoms with E-state index in [1.807, 2.05) is 0 Å². The van der Waals surface area contributed by atoms with Crippen molar-refractivity contribution in [3.63, 3.8) is 0 Å². The number of fused-ring (bicyclic) bond motifs is 1. The smallest absolute Gasteiger partial charge is 0.334 e. The molecule has 0 aromatic carbocycles. The lowest BCUT2D eigenvalue weighted by atomic mass is 9.84. The summed E-state index contributed by atoms with van der Waals surface area (Å²) in [5, 5.41) is 0. The molecule has 0 N–H and O–H groups in total. The number of ketones is 1. The number of rotatable bonds is 3. The Morgan fingerprint density at radius 2 is 1.88 bits per heavy atom. The highest BCUT2D eigenvalue weighted by atomic mass is 16.6. The van der Waals surface area contributed by atoms with Crippen molar-refractivity contribution in [3.05, 3.63) is 36.0 Å². The van der Waals surface area contributed by atoms with Crippen LogP contribution in [0.15, 0.2) is 36.0 Å². The molecule has 1 aliphatic heterocycles. The monoisotopic (exact) mass is 362 g/mol. The summed E-state index contributed by atoms with van der Waals surface area (Å²) < 4.78 is 15.7. The summed E-state index contributed by atoms with van der Waals surface area (Å²) >= 11 is 0. The number of carbonyl (C=O) groups excluding carboxylic acids is 4. The molecule has 0 radical (unpaired) electrons. The molecule has 26 heavy (non-hydrogen) atoms. The molecule has 3 unspecified atom stereocenters. The Hall–Kier alpha value is -2.70. The van der Waals surface area contributed by atoms with Crippen LogP contribution in [-0.4, -0.2) is 42.5 Å². The Labute approximate surface area is 151 Å². The summed E-state index contributed by atoms with van der Waals surface area (Å²) in [6.45, 7) is 10.1. The van der Waals surface area contributed by atoms with Crippen LogP contribution in [0.4, 0.5) is 0 Å². The lowest BCUT2D eigenvalue weighted by Crippen LogP contribution is -2.34. The van der Waals surface area contributed by atoms with Gasteiger partial charge < -0.3 is 14.2 Å². The fourth-order valence-corrected chi connectivity index (χ4v) is 3.07. The van der Waals surface area contributed by atoms with Gasteiger partial charge in [-0.3, -0.25) is 14.4 Å². The van der Waals surface area contributed by atoms with E-state index in [9.17, 15) is 19.2 Å². The molecule has 7 nitrogen and oxygen atoms in total. The molecule has 1 heterocycles. The first-order valence-corrected chi connectivity index (χ1v) is 8.30. The predicted octanol–water partition coefficient (Wildman–Crippen LogP) is 1.81. The van der Waals surface area contributed by atoms with Crippen molar-refractivity contribution >= 4 is 23.7 Å². The molecule has 1 saturated heterocycles. The number of carbonyl (C=O) groups is 4. The van der Waals surface area contributed by atoms with Crippen molar-refractivity contribution in [1.29, 1.82) is 0 Å². The standard InChI is InChI=1S/C19H22O7/c1-10-7-16(25-13(4)21)18-11(2)19(23)26-17(18)8-14(5-6-15(10)22)9-24-12(3)20/h8,16-18H,1-2,5-7,9H2,3-4H3. The van der Waals surface area contributed by atoms with Crippen LogP contribution in [0.3, 0.4) is 0 Å². The highest BCUT2D eigenvalue weighted by Crippen LogP contribution is 2.36. The van der Waals surface area contributed by atoms with E-state index >= 15 is 0 Å². The Balaban J connectivity index is 2.41. The first-order chi connectivity index (χ1) is 12.2. The van der Waals surface area contributed by atoms with E-state index in [-0.39, 0.29) is 30.8 Å². The van der Waals surface area contributed by atoms with Crippen LogP contribution in [-0.2, 0) is 33.4 Å². The quantitative estimate of drug-likeness (QED) is 0.327. The molecule has 0 saturated carbocycles. The summed E-state index contributed by atoms with van der Waals surface area (Å²) in [6.07, 6.45) is 0.758. The largest absolute Gasteiger partial charge is 0.461 e. The number of Topliss-reactive ketones (excluding diaryl/α,β-unsaturated/α-hetero) is 1. The lowest BCUT2D eigenvalue weighted by Gasteiger charge is -2.27. The predicted molar refractivity (Wildman–Crippen MR) is 90.8 cm³/mol. The van der Waals surface area contributed by atoms with Crippen molar-refractivity contribution in [2.45, 2.75) is 45.3 Å². The molecule has 2 aliphatic rings. The van der Waals surface area contributed by atoms with Gasteiger partial charge in [0, 0.05) is 32.3 Å². The van der Waals surface area contributed by atoms with Crippen molar-refractivity contribution < 1.29 is 33.4 Å². The molecule has 0 aromatic rings. The lowest BCUT2D eigenvalue weighted by molar-refractivity contribution is -0.149. The molecule has 140 valence electrons. The topological polar surface area (TPSA) is 96.0 Å². The summed E-state index contributed by atoms with van der Waals surface area (Å²) in [5.74, 6) is -2.40. The molecule has 1 fully saturated rings. The molecule has 0 bridgehead atoms. The van der Waals surface area contributed by atoms with E-state index < -0.39 is 36.0 Å². The van der Waals surface area contributed by atoms with Gasteiger partial charge in [0.15, 0.2) is 5.78 Å². The molecule has 7 heteroatoms. The van der Waals surface area contributed by atoms with Crippen LogP contribution in [0.5, 0.6) is 0 Å². The van der Waals surface area contributed by atoms with Crippen LogP contribution in [0.1, 0.15) is 33.1 Å². The number of hydrogen-bond donors (Lipinski definition) is 0. The van der Waals surface area contributed by atoms with Crippen LogP contribution < -0.4 is 0 Å². The third-order valence-corrected chi connectivity index (χ3v) is 4.36. The van der Waals surface area contributed by atoms with Gasteiger partial charge in [0.25, 0.3) is 0 Å². The molecule has 0 aromatic heterocycles. The zero-order valence-corrected chi connectivity index (χ0v) is 14.9. The SMILES string of the molecule is C=C1CC(OC(C)=O)C2C(=C)C(=O)OC2C=C(COC(C)=O)CCC1=O. The summed E-state index contributed by atoms with van der Waals surface area (Å²) in [7, 11) is 0. The van der Waals surface area contributed by atoms with Gasteiger partial charge in [-0.2, -0.15) is 0 Å². The third kappa shape index (κ3) is 4.68. The third-order valence-electron chi connectivity index (χ3n) is 4.36. The van der Waals surface area contributed by atoms with Gasteiger partial charge in [0.2, 0.25) is 0 Å². The first-order valence-electron chi connectivity index (χ1n) is 8.30. The van der Waals surface area contributed by atoms with E-state index in [4.69, 9.17) is 14.2 Å². The minimum atomic E-state index is -0.794. The fourth-order valence-electron chi connectivity index (χ4n) is 3.07. The normalized spacial score (nSPS) is 26.5. The van der Waals surface area contributed by atoms with E-state index in [0.717, 1.165) is 0 Å². The maximum absolute atomic E-state index is 12.3. The molecule has 2 rings (SSSR count). The second-order valence-corrected chi connectivity index (χ2v) is 6.40. The Bertz CT molecular complexity index is 701. The van der Waals surface area contributed by atoms with Crippen LogP contribution in [0.2, 0.25) is 0 Å². The Kier molecular flexibility index (Phi) is 6.13.